The number of hydrogen-bond acceptors (Lipinski definition) is 8. The molecule has 9 nitrogen and oxygen atoms in total. The van der Waals surface area contributed by atoms with Crippen LogP contribution in [0.3, 0.4) is 0 Å². The molecule has 1 N–H and O–H groups in total. The van der Waals surface area contributed by atoms with E-state index >= 15 is 0 Å². The minimum atomic E-state index is -1.03. The fourth-order valence-corrected chi connectivity index (χ4v) is 6.33. The Morgan fingerprint density at radius 3 is 1.42 bits per heavy atom. The molecule has 0 radical (unpaired) electrons. The summed E-state index contributed by atoms with van der Waals surface area (Å²) in [7, 11) is 0. The number of ketones is 1. The normalized spacial score (nSPS) is 12.4. The summed E-state index contributed by atoms with van der Waals surface area (Å²) < 4.78 is 0. The van der Waals surface area contributed by atoms with Crippen LogP contribution in [-0.4, -0.2) is 46.8 Å². The van der Waals surface area contributed by atoms with Gasteiger partial charge in [-0.05, 0) is 54.8 Å². The van der Waals surface area contributed by atoms with Crippen molar-refractivity contribution in [1.29, 1.82) is 0 Å². The Kier molecular flexibility index (Phi) is 7.98. The molecule has 10 rings (SSSR count). The van der Waals surface area contributed by atoms with Crippen molar-refractivity contribution in [2.24, 2.45) is 0 Å². The van der Waals surface area contributed by atoms with Crippen LogP contribution in [-0.2, 0) is 6.42 Å². The van der Waals surface area contributed by atoms with Crippen LogP contribution in [0.25, 0.3) is 65.4 Å². The zero-order valence-corrected chi connectivity index (χ0v) is 26.7. The van der Waals surface area contributed by atoms with Crippen LogP contribution in [0.5, 0.6) is 0 Å². The summed E-state index contributed by atoms with van der Waals surface area (Å²) in [5.41, 5.74) is 6.80. The predicted molar refractivity (Wildman–Crippen MR) is 195 cm³/mol. The van der Waals surface area contributed by atoms with Gasteiger partial charge in [0.15, 0.2) is 5.78 Å². The molecular formula is C41H28N6O3. The van der Waals surface area contributed by atoms with E-state index < -0.39 is 5.97 Å². The van der Waals surface area contributed by atoms with Crippen molar-refractivity contribution in [3.05, 3.63) is 145 Å². The van der Waals surface area contributed by atoms with E-state index in [1.54, 1.807) is 30.9 Å². The van der Waals surface area contributed by atoms with Crippen molar-refractivity contribution < 1.29 is 14.7 Å². The molecular weight excluding hydrogens is 624 g/mol. The highest BCUT2D eigenvalue weighted by Crippen LogP contribution is 2.28. The number of carboxylic acid groups (broad SMARTS) is 1. The summed E-state index contributed by atoms with van der Waals surface area (Å²) in [6.07, 6.45) is 9.55. The molecule has 0 atom stereocenters. The minimum absolute atomic E-state index is 0.0376. The number of carbonyl (C=O) groups is 2. The van der Waals surface area contributed by atoms with Crippen molar-refractivity contribution in [3.63, 3.8) is 0 Å². The third kappa shape index (κ3) is 5.81. The molecule has 0 spiro atoms. The first-order valence-electron chi connectivity index (χ1n) is 16.2. The highest BCUT2D eigenvalue weighted by molar-refractivity contribution is 6.07. The second kappa shape index (κ2) is 13.0. The first-order chi connectivity index (χ1) is 24.5. The average molecular weight is 653 g/mol. The molecule has 9 aromatic rings. The van der Waals surface area contributed by atoms with Crippen molar-refractivity contribution in [2.45, 2.75) is 19.3 Å². The van der Waals surface area contributed by atoms with E-state index in [-0.39, 0.29) is 11.5 Å². The summed E-state index contributed by atoms with van der Waals surface area (Å²) in [5.74, 6) is -0.865. The van der Waals surface area contributed by atoms with Gasteiger partial charge < -0.3 is 5.11 Å². The third-order valence-corrected chi connectivity index (χ3v) is 8.75. The zero-order valence-electron chi connectivity index (χ0n) is 26.7. The molecule has 0 bridgehead atoms. The van der Waals surface area contributed by atoms with Crippen LogP contribution >= 0.6 is 0 Å². The Hall–Kier alpha value is -6.74. The molecule has 9 heteroatoms. The summed E-state index contributed by atoms with van der Waals surface area (Å²) in [6.45, 7) is 0. The molecule has 1 aliphatic rings. The fourth-order valence-electron chi connectivity index (χ4n) is 6.33. The second-order valence-corrected chi connectivity index (χ2v) is 11.9. The van der Waals surface area contributed by atoms with E-state index in [4.69, 9.17) is 5.11 Å². The Bertz CT molecular complexity index is 2710. The maximum absolute atomic E-state index is 12.0. The number of hydrogen-bond donors (Lipinski definition) is 1. The van der Waals surface area contributed by atoms with E-state index in [1.165, 1.54) is 6.07 Å². The van der Waals surface area contributed by atoms with E-state index in [0.717, 1.165) is 78.3 Å². The molecule has 1 aliphatic carbocycles. The van der Waals surface area contributed by atoms with Gasteiger partial charge in [0.05, 0.1) is 33.1 Å². The lowest BCUT2D eigenvalue weighted by atomic mass is 9.93. The number of benzene rings is 3. The molecule has 3 aromatic carbocycles. The molecule has 0 saturated carbocycles. The van der Waals surface area contributed by atoms with Crippen LogP contribution in [0.2, 0.25) is 0 Å². The summed E-state index contributed by atoms with van der Waals surface area (Å²) in [6, 6.07) is 33.2. The van der Waals surface area contributed by atoms with E-state index in [0.29, 0.717) is 17.6 Å². The molecule has 0 aliphatic heterocycles. The number of aryl methyl sites for hydroxylation is 1. The van der Waals surface area contributed by atoms with Gasteiger partial charge in [0.1, 0.15) is 11.4 Å². The van der Waals surface area contributed by atoms with E-state index in [9.17, 15) is 9.59 Å². The Morgan fingerprint density at radius 2 is 0.920 bits per heavy atom. The number of nitrogens with zero attached hydrogens (tertiary/aromatic N) is 6. The van der Waals surface area contributed by atoms with Gasteiger partial charge in [0.25, 0.3) is 0 Å². The summed E-state index contributed by atoms with van der Waals surface area (Å²) in [5, 5.41) is 15.2. The van der Waals surface area contributed by atoms with E-state index in [1.807, 2.05) is 48.5 Å². The maximum Gasteiger partial charge on any atom is 0.354 e. The van der Waals surface area contributed by atoms with Crippen molar-refractivity contribution in [3.8, 4) is 0 Å². The quantitative estimate of drug-likeness (QED) is 0.173. The van der Waals surface area contributed by atoms with Gasteiger partial charge in [0, 0.05) is 63.5 Å². The maximum atomic E-state index is 12.0. The smallest absolute Gasteiger partial charge is 0.354 e. The van der Waals surface area contributed by atoms with Gasteiger partial charge in [0.2, 0.25) is 0 Å². The Labute approximate surface area is 285 Å². The van der Waals surface area contributed by atoms with Crippen molar-refractivity contribution in [1.82, 2.24) is 29.9 Å². The van der Waals surface area contributed by atoms with Crippen LogP contribution in [0.4, 0.5) is 0 Å². The minimum Gasteiger partial charge on any atom is -0.477 e. The van der Waals surface area contributed by atoms with Crippen molar-refractivity contribution in [2.75, 3.05) is 0 Å². The Balaban J connectivity index is 0.000000110. The van der Waals surface area contributed by atoms with Gasteiger partial charge in [-0.2, -0.15) is 0 Å². The number of Topliss-reactive ketones (excluding diaryl/α,β-unsaturated/α-hetero) is 1. The van der Waals surface area contributed by atoms with Gasteiger partial charge in [-0.3, -0.25) is 24.7 Å². The lowest BCUT2D eigenvalue weighted by Crippen LogP contribution is -2.13. The second-order valence-electron chi connectivity index (χ2n) is 11.9. The van der Waals surface area contributed by atoms with Crippen molar-refractivity contribution >= 4 is 77.2 Å². The fraction of sp³-hybridized carbons (Fsp3) is 0.0732. The number of aromatic nitrogens is 6. The van der Waals surface area contributed by atoms with Gasteiger partial charge in [-0.1, -0.05) is 66.7 Å². The molecule has 6 heterocycles. The molecule has 6 aromatic heterocycles. The first kappa shape index (κ1) is 30.6. The topological polar surface area (TPSA) is 132 Å². The molecule has 0 saturated heterocycles. The predicted octanol–water partition coefficient (Wildman–Crippen LogP) is 8.57. The van der Waals surface area contributed by atoms with E-state index in [2.05, 4.69) is 72.4 Å². The third-order valence-electron chi connectivity index (χ3n) is 8.75. The summed E-state index contributed by atoms with van der Waals surface area (Å²) >= 11 is 0. The average Bonchev–Trinajstić information content (AvgIpc) is 3.17. The van der Waals surface area contributed by atoms with Crippen LogP contribution in [0.1, 0.15) is 39.4 Å². The molecule has 0 amide bonds. The largest absolute Gasteiger partial charge is 0.477 e. The summed E-state index contributed by atoms with van der Waals surface area (Å²) in [4.78, 5) is 49.0. The zero-order chi connectivity index (χ0) is 34.0. The number of aromatic carboxylic acids is 1. The molecule has 50 heavy (non-hydrogen) atoms. The number of carboxylic acids is 1. The van der Waals surface area contributed by atoms with Gasteiger partial charge >= 0.3 is 5.97 Å². The highest BCUT2D eigenvalue weighted by Gasteiger charge is 2.20. The molecule has 0 fully saturated rings. The molecule has 240 valence electrons. The van der Waals surface area contributed by atoms with Crippen LogP contribution < -0.4 is 0 Å². The Morgan fingerprint density at radius 1 is 0.500 bits per heavy atom. The lowest BCUT2D eigenvalue weighted by molar-refractivity contribution is 0.0690. The standard InChI is InChI=1S/C16H12N2O.C13H8N2O2.C12H8N2/c19-13-5-1-3-11-9-12-7-6-10-4-2-8-17-15(10)16(12)18-14(11)13;16-13(17)10-6-5-9-4-3-8-2-1-7-14-11(8)12(9)15-10;1-3-9-5-6-10-4-2-8-14-12(10)11(9)13-7-1/h2,4,6-9H,1,3,5H2;1-7H,(H,16,17);1-8H. The molecule has 0 unspecified atom stereocenters. The highest BCUT2D eigenvalue weighted by atomic mass is 16.4. The number of rotatable bonds is 1. The van der Waals surface area contributed by atoms with Gasteiger partial charge in [-0.15, -0.1) is 0 Å². The van der Waals surface area contributed by atoms with Crippen LogP contribution in [0, 0.1) is 0 Å². The van der Waals surface area contributed by atoms with Crippen LogP contribution in [0.15, 0.2) is 128 Å². The van der Waals surface area contributed by atoms with Gasteiger partial charge in [-0.25, -0.2) is 14.8 Å². The number of fused-ring (bicyclic) bond motifs is 10. The lowest BCUT2D eigenvalue weighted by Gasteiger charge is -2.14. The first-order valence-corrected chi connectivity index (χ1v) is 16.2. The monoisotopic (exact) mass is 652 g/mol. The SMILES string of the molecule is O=C(O)c1ccc2ccc3cccnc3c2n1.O=C1CCCc2cc3ccc4cccnc4c3nc21.c1cnc2c(c1)ccc1cccnc12. The number of pyridine rings is 6. The number of carbonyl (C=O) groups excluding carboxylic acids is 1.